The molecule has 5 rings (SSSR count). The third-order valence-electron chi connectivity index (χ3n) is 6.64. The van der Waals surface area contributed by atoms with E-state index in [0.29, 0.717) is 33.2 Å². The van der Waals surface area contributed by atoms with Crippen molar-refractivity contribution >= 4 is 45.6 Å². The molecule has 1 aliphatic heterocycles. The molecule has 1 heterocycles. The van der Waals surface area contributed by atoms with E-state index in [0.717, 1.165) is 17.0 Å². The Bertz CT molecular complexity index is 1160. The lowest BCUT2D eigenvalue weighted by molar-refractivity contribution is -0.140. The number of aryl methyl sites for hydroxylation is 1. The Hall–Kier alpha value is -2.64. The van der Waals surface area contributed by atoms with Gasteiger partial charge in [-0.15, -0.1) is 0 Å². The number of nitrogens with zero attached hydrogens (tertiary/aromatic N) is 2. The first-order chi connectivity index (χ1) is 15.9. The lowest BCUT2D eigenvalue weighted by Gasteiger charge is -2.16. The Balaban J connectivity index is 1.37. The molecular weight excluding hydrogens is 508 g/mol. The first-order valence-corrected chi connectivity index (χ1v) is 11.9. The summed E-state index contributed by atoms with van der Waals surface area (Å²) in [7, 11) is 1.52. The molecule has 6 nitrogen and oxygen atoms in total. The zero-order chi connectivity index (χ0) is 23.3. The number of halogens is 2. The smallest absolute Gasteiger partial charge is 0.254 e. The summed E-state index contributed by atoms with van der Waals surface area (Å²) >= 11 is 10.1. The predicted molar refractivity (Wildman–Crippen MR) is 128 cm³/mol. The van der Waals surface area contributed by atoms with Gasteiger partial charge in [0.05, 0.1) is 25.2 Å². The van der Waals surface area contributed by atoms with E-state index in [9.17, 15) is 9.59 Å². The van der Waals surface area contributed by atoms with E-state index in [1.807, 2.05) is 31.2 Å². The van der Waals surface area contributed by atoms with Crippen molar-refractivity contribution in [3.8, 4) is 11.5 Å². The summed E-state index contributed by atoms with van der Waals surface area (Å²) in [5, 5.41) is 5.57. The number of amides is 2. The van der Waals surface area contributed by atoms with Crippen LogP contribution in [-0.2, 0) is 16.2 Å². The predicted octanol–water partition coefficient (Wildman–Crippen LogP) is 5.14. The largest absolute Gasteiger partial charge is 0.493 e. The molecule has 3 aliphatic rings. The zero-order valence-corrected chi connectivity index (χ0v) is 20.5. The average molecular weight is 530 g/mol. The van der Waals surface area contributed by atoms with Crippen LogP contribution < -0.4 is 9.47 Å². The molecule has 2 aromatic rings. The van der Waals surface area contributed by atoms with E-state index in [4.69, 9.17) is 21.1 Å². The van der Waals surface area contributed by atoms with Crippen molar-refractivity contribution < 1.29 is 19.1 Å². The molecule has 2 bridgehead atoms. The van der Waals surface area contributed by atoms with E-state index in [1.165, 1.54) is 18.9 Å². The lowest BCUT2D eigenvalue weighted by atomic mass is 9.85. The van der Waals surface area contributed by atoms with Gasteiger partial charge in [0, 0.05) is 10.0 Å². The van der Waals surface area contributed by atoms with Crippen LogP contribution in [0, 0.1) is 30.6 Å². The topological polar surface area (TPSA) is 68.2 Å². The number of hydrogen-bond acceptors (Lipinski definition) is 5. The van der Waals surface area contributed by atoms with Gasteiger partial charge < -0.3 is 9.47 Å². The molecule has 0 spiro atoms. The van der Waals surface area contributed by atoms with Gasteiger partial charge in [-0.25, -0.2) is 0 Å². The molecule has 2 amide bonds. The minimum absolute atomic E-state index is 0.142. The fraction of sp³-hybridized carbons (Fsp3) is 0.320. The summed E-state index contributed by atoms with van der Waals surface area (Å²) in [6.45, 7) is 2.35. The van der Waals surface area contributed by atoms with Crippen LogP contribution in [-0.4, -0.2) is 30.1 Å². The summed E-state index contributed by atoms with van der Waals surface area (Å²) in [4.78, 5) is 25.7. The van der Waals surface area contributed by atoms with E-state index in [1.54, 1.807) is 6.07 Å². The molecule has 4 atom stereocenters. The third-order valence-corrected chi connectivity index (χ3v) is 8.08. The highest BCUT2D eigenvalue weighted by molar-refractivity contribution is 9.10. The third kappa shape index (κ3) is 3.77. The van der Waals surface area contributed by atoms with Gasteiger partial charge in [0.15, 0.2) is 11.5 Å². The summed E-state index contributed by atoms with van der Waals surface area (Å²) in [6.07, 6.45) is 6.45. The van der Waals surface area contributed by atoms with Crippen LogP contribution in [0.1, 0.15) is 23.1 Å². The number of benzene rings is 2. The molecule has 1 saturated carbocycles. The molecule has 2 aliphatic carbocycles. The monoisotopic (exact) mass is 528 g/mol. The second-order valence-electron chi connectivity index (χ2n) is 8.63. The van der Waals surface area contributed by atoms with Crippen LogP contribution in [0.4, 0.5) is 0 Å². The van der Waals surface area contributed by atoms with Crippen LogP contribution in [0.15, 0.2) is 52.1 Å². The molecule has 0 radical (unpaired) electrons. The Morgan fingerprint density at radius 2 is 1.79 bits per heavy atom. The molecule has 33 heavy (non-hydrogen) atoms. The quantitative estimate of drug-likeness (QED) is 0.295. The Morgan fingerprint density at radius 3 is 2.39 bits per heavy atom. The second-order valence-corrected chi connectivity index (χ2v) is 9.80. The fourth-order valence-electron chi connectivity index (χ4n) is 4.94. The Morgan fingerprint density at radius 1 is 1.15 bits per heavy atom. The number of hydrogen-bond donors (Lipinski definition) is 0. The van der Waals surface area contributed by atoms with E-state index in [-0.39, 0.29) is 35.5 Å². The molecular formula is C25H22BrClN2O4. The number of hydrazone groups is 1. The van der Waals surface area contributed by atoms with E-state index in [2.05, 4.69) is 33.2 Å². The summed E-state index contributed by atoms with van der Waals surface area (Å²) < 4.78 is 12.0. The zero-order valence-electron chi connectivity index (χ0n) is 18.1. The van der Waals surface area contributed by atoms with Gasteiger partial charge in [0.25, 0.3) is 11.8 Å². The molecule has 0 aromatic heterocycles. The van der Waals surface area contributed by atoms with Crippen molar-refractivity contribution in [2.75, 3.05) is 7.11 Å². The normalized spacial score (nSPS) is 25.4. The molecule has 1 saturated heterocycles. The van der Waals surface area contributed by atoms with E-state index >= 15 is 0 Å². The highest BCUT2D eigenvalue weighted by Gasteiger charge is 2.59. The molecule has 2 aromatic carbocycles. The van der Waals surface area contributed by atoms with Gasteiger partial charge in [0.1, 0.15) is 11.6 Å². The molecule has 8 heteroatoms. The second kappa shape index (κ2) is 8.61. The Kier molecular flexibility index (Phi) is 5.79. The van der Waals surface area contributed by atoms with Crippen molar-refractivity contribution in [3.05, 3.63) is 68.7 Å². The molecule has 2 fully saturated rings. The van der Waals surface area contributed by atoms with Crippen LogP contribution in [0.25, 0.3) is 0 Å². The maximum absolute atomic E-state index is 12.9. The van der Waals surface area contributed by atoms with E-state index < -0.39 is 0 Å². The van der Waals surface area contributed by atoms with Gasteiger partial charge in [-0.2, -0.15) is 10.1 Å². The van der Waals surface area contributed by atoms with Crippen LogP contribution in [0.3, 0.4) is 0 Å². The maximum atomic E-state index is 12.9. The summed E-state index contributed by atoms with van der Waals surface area (Å²) in [6, 6.07) is 9.73. The standard InChI is InChI=1S/C25H22BrClN2O4/c1-13-3-5-14(6-4-13)12-33-23-18(32-2)10-17(21(26)22(23)27)11-28-29-24(30)19-15-7-8-16(9-15)20(19)25(29)31/h3-8,10-11,15-16,19-20H,9,12H2,1-2H3/t15-,16-,19-,20+/m0/s1. The van der Waals surface area contributed by atoms with Gasteiger partial charge in [-0.1, -0.05) is 53.6 Å². The van der Waals surface area contributed by atoms with Gasteiger partial charge >= 0.3 is 0 Å². The van der Waals surface area contributed by atoms with Crippen molar-refractivity contribution in [1.82, 2.24) is 5.01 Å². The van der Waals surface area contributed by atoms with Crippen molar-refractivity contribution in [2.45, 2.75) is 20.0 Å². The highest BCUT2D eigenvalue weighted by atomic mass is 79.9. The van der Waals surface area contributed by atoms with Crippen LogP contribution in [0.2, 0.25) is 5.02 Å². The highest BCUT2D eigenvalue weighted by Crippen LogP contribution is 2.52. The molecule has 0 N–H and O–H groups in total. The SMILES string of the molecule is COc1cc(C=NN2C(=O)[C@@H]3[C@H](C2=O)[C@H]2C=C[C@H]3C2)c(Br)c(Cl)c1OCc1ccc(C)cc1. The lowest BCUT2D eigenvalue weighted by Crippen LogP contribution is -2.28. The number of carbonyl (C=O) groups excluding carboxylic acids is 2. The number of allylic oxidation sites excluding steroid dienone is 2. The summed E-state index contributed by atoms with van der Waals surface area (Å²) in [5.74, 6) is 0.0678. The molecule has 170 valence electrons. The van der Waals surface area contributed by atoms with Crippen LogP contribution in [0.5, 0.6) is 11.5 Å². The first kappa shape index (κ1) is 22.2. The minimum Gasteiger partial charge on any atom is -0.493 e. The van der Waals surface area contributed by atoms with Crippen LogP contribution >= 0.6 is 27.5 Å². The van der Waals surface area contributed by atoms with Gasteiger partial charge in [-0.05, 0) is 52.7 Å². The van der Waals surface area contributed by atoms with Gasteiger partial charge in [-0.3, -0.25) is 9.59 Å². The fourth-order valence-corrected chi connectivity index (χ4v) is 5.60. The van der Waals surface area contributed by atoms with Crippen molar-refractivity contribution in [1.29, 1.82) is 0 Å². The number of imide groups is 1. The van der Waals surface area contributed by atoms with Crippen molar-refractivity contribution in [2.24, 2.45) is 28.8 Å². The van der Waals surface area contributed by atoms with Crippen molar-refractivity contribution in [3.63, 3.8) is 0 Å². The summed E-state index contributed by atoms with van der Waals surface area (Å²) in [5.41, 5.74) is 2.74. The molecule has 0 unspecified atom stereocenters. The first-order valence-electron chi connectivity index (χ1n) is 10.7. The maximum Gasteiger partial charge on any atom is 0.254 e. The number of ether oxygens (including phenoxy) is 2. The Labute approximate surface area is 205 Å². The average Bonchev–Trinajstić information content (AvgIpc) is 3.49. The minimum atomic E-state index is -0.288. The number of carbonyl (C=O) groups is 2. The number of rotatable bonds is 6. The number of methoxy groups -OCH3 is 1. The number of fused-ring (bicyclic) bond motifs is 5. The van der Waals surface area contributed by atoms with Gasteiger partial charge in [0.2, 0.25) is 0 Å².